The second-order valence-electron chi connectivity index (χ2n) is 3.83. The van der Waals surface area contributed by atoms with Crippen LogP contribution in [0.15, 0.2) is 24.7 Å². The molecule has 0 bridgehead atoms. The Morgan fingerprint density at radius 3 is 2.94 bits per heavy atom. The van der Waals surface area contributed by atoms with Crippen molar-refractivity contribution in [1.29, 1.82) is 0 Å². The molecule has 0 aromatic carbocycles. The van der Waals surface area contributed by atoms with Gasteiger partial charge in [-0.25, -0.2) is 4.98 Å². The van der Waals surface area contributed by atoms with Gasteiger partial charge in [-0.3, -0.25) is 0 Å². The minimum Gasteiger partial charge on any atom is -0.394 e. The molecule has 0 aliphatic heterocycles. The Morgan fingerprint density at radius 1 is 1.59 bits per heavy atom. The maximum absolute atomic E-state index is 9.10. The number of hydrogen-bond donors (Lipinski definition) is 2. The Morgan fingerprint density at radius 2 is 2.35 bits per heavy atom. The zero-order valence-electron chi connectivity index (χ0n) is 9.38. The van der Waals surface area contributed by atoms with Gasteiger partial charge < -0.3 is 15.4 Å². The summed E-state index contributed by atoms with van der Waals surface area (Å²) in [5.74, 6) is 0. The number of halogens is 1. The number of rotatable bonds is 4. The number of nitrogens with zero attached hydrogens (tertiary/aromatic N) is 2. The van der Waals surface area contributed by atoms with Crippen LogP contribution >= 0.6 is 22.9 Å². The summed E-state index contributed by atoms with van der Waals surface area (Å²) < 4.78 is 2.73. The summed E-state index contributed by atoms with van der Waals surface area (Å²) in [5, 5.41) is 9.10. The van der Waals surface area contributed by atoms with E-state index in [1.54, 1.807) is 12.5 Å². The lowest BCUT2D eigenvalue weighted by atomic mass is 10.2. The van der Waals surface area contributed by atoms with Gasteiger partial charge in [-0.05, 0) is 19.1 Å². The van der Waals surface area contributed by atoms with Gasteiger partial charge in [0.05, 0.1) is 35.0 Å². The minimum absolute atomic E-state index is 0.0936. The minimum atomic E-state index is -0.407. The molecule has 17 heavy (non-hydrogen) atoms. The van der Waals surface area contributed by atoms with E-state index in [4.69, 9.17) is 22.4 Å². The summed E-state index contributed by atoms with van der Waals surface area (Å²) in [4.78, 5) is 5.23. The van der Waals surface area contributed by atoms with Crippen LogP contribution in [0, 0.1) is 0 Å². The molecule has 2 aromatic rings. The summed E-state index contributed by atoms with van der Waals surface area (Å²) in [6.07, 6.45) is 3.41. The second-order valence-corrected chi connectivity index (χ2v) is 5.58. The number of nitrogens with two attached hydrogens (primary N) is 1. The number of thiophene rings is 1. The summed E-state index contributed by atoms with van der Waals surface area (Å²) in [6.45, 7) is 1.96. The zero-order chi connectivity index (χ0) is 12.4. The first kappa shape index (κ1) is 12.6. The number of aliphatic hydroxyl groups is 1. The molecule has 2 unspecified atom stereocenters. The molecular weight excluding hydrogens is 258 g/mol. The van der Waals surface area contributed by atoms with Crippen LogP contribution in [0.3, 0.4) is 0 Å². The van der Waals surface area contributed by atoms with Crippen LogP contribution in [0.5, 0.6) is 0 Å². The third-order valence-corrected chi connectivity index (χ3v) is 4.10. The SMILES string of the molecule is CC(c1ccc(Cl)s1)n1cncc1C(N)CO. The van der Waals surface area contributed by atoms with Gasteiger partial charge in [-0.1, -0.05) is 11.6 Å². The zero-order valence-corrected chi connectivity index (χ0v) is 10.9. The molecule has 4 nitrogen and oxygen atoms in total. The van der Waals surface area contributed by atoms with Gasteiger partial charge in [0.2, 0.25) is 0 Å². The van der Waals surface area contributed by atoms with E-state index < -0.39 is 6.04 Å². The van der Waals surface area contributed by atoms with Gasteiger partial charge >= 0.3 is 0 Å². The molecule has 0 fully saturated rings. The first-order chi connectivity index (χ1) is 8.13. The van der Waals surface area contributed by atoms with E-state index in [0.29, 0.717) is 0 Å². The van der Waals surface area contributed by atoms with Crippen LogP contribution in [-0.2, 0) is 0 Å². The van der Waals surface area contributed by atoms with E-state index in [1.165, 1.54) is 11.3 Å². The predicted molar refractivity (Wildman–Crippen MR) is 69.4 cm³/mol. The van der Waals surface area contributed by atoms with Crippen LogP contribution < -0.4 is 5.73 Å². The highest BCUT2D eigenvalue weighted by molar-refractivity contribution is 7.16. The number of imidazole rings is 1. The van der Waals surface area contributed by atoms with E-state index in [1.807, 2.05) is 16.7 Å². The molecule has 2 aromatic heterocycles. The first-order valence-electron chi connectivity index (χ1n) is 5.27. The molecule has 3 N–H and O–H groups in total. The summed E-state index contributed by atoms with van der Waals surface area (Å²) >= 11 is 7.46. The van der Waals surface area contributed by atoms with Crippen molar-refractivity contribution in [2.45, 2.75) is 19.0 Å². The average molecular weight is 272 g/mol. The number of hydrogen-bond acceptors (Lipinski definition) is 4. The Labute approximate surface area is 109 Å². The lowest BCUT2D eigenvalue weighted by Gasteiger charge is -2.17. The van der Waals surface area contributed by atoms with Crippen LogP contribution in [-0.4, -0.2) is 21.3 Å². The normalized spacial score (nSPS) is 14.8. The van der Waals surface area contributed by atoms with Crippen molar-refractivity contribution in [3.05, 3.63) is 39.6 Å². The first-order valence-corrected chi connectivity index (χ1v) is 6.46. The Hall–Kier alpha value is -0.880. The molecule has 0 aliphatic carbocycles. The molecule has 0 radical (unpaired) electrons. The summed E-state index contributed by atoms with van der Waals surface area (Å²) in [6, 6.07) is 3.57. The fourth-order valence-corrected chi connectivity index (χ4v) is 2.82. The fourth-order valence-electron chi connectivity index (χ4n) is 1.71. The van der Waals surface area contributed by atoms with E-state index in [2.05, 4.69) is 11.9 Å². The van der Waals surface area contributed by atoms with E-state index >= 15 is 0 Å². The Kier molecular flexibility index (Phi) is 3.83. The van der Waals surface area contributed by atoms with Crippen molar-refractivity contribution in [1.82, 2.24) is 9.55 Å². The summed E-state index contributed by atoms with van der Waals surface area (Å²) in [7, 11) is 0. The van der Waals surface area contributed by atoms with Crippen molar-refractivity contribution in [3.63, 3.8) is 0 Å². The van der Waals surface area contributed by atoms with Gasteiger partial charge in [-0.2, -0.15) is 0 Å². The summed E-state index contributed by atoms with van der Waals surface area (Å²) in [5.41, 5.74) is 6.65. The van der Waals surface area contributed by atoms with E-state index in [-0.39, 0.29) is 12.6 Å². The molecule has 2 atom stereocenters. The molecule has 0 saturated carbocycles. The topological polar surface area (TPSA) is 64.1 Å². The second kappa shape index (κ2) is 5.18. The van der Waals surface area contributed by atoms with Gasteiger partial charge in [0.1, 0.15) is 0 Å². The van der Waals surface area contributed by atoms with Crippen LogP contribution in [0.25, 0.3) is 0 Å². The number of aromatic nitrogens is 2. The molecule has 6 heteroatoms. The van der Waals surface area contributed by atoms with Crippen molar-refractivity contribution in [2.75, 3.05) is 6.61 Å². The standard InChI is InChI=1S/C11H14ClN3OS/c1-7(10-2-3-11(12)17-10)15-6-14-4-9(15)8(13)5-16/h2-4,6-8,16H,5,13H2,1H3. The molecule has 0 saturated heterocycles. The van der Waals surface area contributed by atoms with Crippen molar-refractivity contribution in [3.8, 4) is 0 Å². The highest BCUT2D eigenvalue weighted by atomic mass is 35.5. The van der Waals surface area contributed by atoms with E-state index in [0.717, 1.165) is 14.9 Å². The van der Waals surface area contributed by atoms with E-state index in [9.17, 15) is 0 Å². The smallest absolute Gasteiger partial charge is 0.0954 e. The highest BCUT2D eigenvalue weighted by Gasteiger charge is 2.17. The lowest BCUT2D eigenvalue weighted by Crippen LogP contribution is -2.20. The van der Waals surface area contributed by atoms with Gasteiger partial charge in [0.25, 0.3) is 0 Å². The quantitative estimate of drug-likeness (QED) is 0.896. The largest absolute Gasteiger partial charge is 0.394 e. The van der Waals surface area contributed by atoms with Gasteiger partial charge in [0.15, 0.2) is 0 Å². The number of aliphatic hydroxyl groups excluding tert-OH is 1. The molecule has 2 heterocycles. The Bertz CT molecular complexity index is 496. The van der Waals surface area contributed by atoms with Crippen molar-refractivity contribution < 1.29 is 5.11 Å². The monoisotopic (exact) mass is 271 g/mol. The average Bonchev–Trinajstić information content (AvgIpc) is 2.95. The maximum Gasteiger partial charge on any atom is 0.0954 e. The van der Waals surface area contributed by atoms with Gasteiger partial charge in [-0.15, -0.1) is 11.3 Å². The maximum atomic E-state index is 9.10. The van der Waals surface area contributed by atoms with Crippen LogP contribution in [0.2, 0.25) is 4.34 Å². The highest BCUT2D eigenvalue weighted by Crippen LogP contribution is 2.30. The lowest BCUT2D eigenvalue weighted by molar-refractivity contribution is 0.262. The predicted octanol–water partition coefficient (Wildman–Crippen LogP) is 2.20. The van der Waals surface area contributed by atoms with Gasteiger partial charge in [0, 0.05) is 11.1 Å². The molecule has 0 aliphatic rings. The molecule has 2 rings (SSSR count). The third kappa shape index (κ3) is 2.52. The molecule has 0 amide bonds. The Balaban J connectivity index is 2.31. The molecule has 92 valence electrons. The van der Waals surface area contributed by atoms with Crippen LogP contribution in [0.1, 0.15) is 29.6 Å². The fraction of sp³-hybridized carbons (Fsp3) is 0.364. The van der Waals surface area contributed by atoms with Crippen molar-refractivity contribution in [2.24, 2.45) is 5.73 Å². The molecular formula is C11H14ClN3OS. The third-order valence-electron chi connectivity index (χ3n) is 2.70. The molecule has 0 spiro atoms. The van der Waals surface area contributed by atoms with Crippen LogP contribution in [0.4, 0.5) is 0 Å². The van der Waals surface area contributed by atoms with Crippen molar-refractivity contribution >= 4 is 22.9 Å².